The van der Waals surface area contributed by atoms with E-state index >= 15 is 0 Å². The number of rotatable bonds is 4. The zero-order chi connectivity index (χ0) is 21.8. The minimum Gasteiger partial charge on any atom is -0.308 e. The summed E-state index contributed by atoms with van der Waals surface area (Å²) in [6, 6.07) is 13.2. The molecule has 0 atom stereocenters. The summed E-state index contributed by atoms with van der Waals surface area (Å²) in [6.07, 6.45) is 6.25. The van der Waals surface area contributed by atoms with E-state index in [0.717, 1.165) is 35.2 Å². The lowest BCUT2D eigenvalue weighted by Gasteiger charge is -2.11. The topological polar surface area (TPSA) is 99.1 Å². The lowest BCUT2D eigenvalue weighted by Crippen LogP contribution is -2.19. The van der Waals surface area contributed by atoms with E-state index in [-0.39, 0.29) is 6.03 Å². The summed E-state index contributed by atoms with van der Waals surface area (Å²) in [5.74, 6) is 0.460. The zero-order valence-corrected chi connectivity index (χ0v) is 16.7. The first-order valence-electron chi connectivity index (χ1n) is 9.04. The average molecular weight is 391 g/mol. The fraction of sp³-hybridized carbons (Fsp3) is 0.217. The number of anilines is 2. The summed E-state index contributed by atoms with van der Waals surface area (Å²) in [5, 5.41) is 14.9. The van der Waals surface area contributed by atoms with Gasteiger partial charge in [0.1, 0.15) is 13.6 Å². The Kier molecular flexibility index (Phi) is 9.55. The van der Waals surface area contributed by atoms with Crippen LogP contribution in [0.25, 0.3) is 6.08 Å². The molecule has 0 bridgehead atoms. The normalized spacial score (nSPS) is 11.9. The van der Waals surface area contributed by atoms with Crippen molar-refractivity contribution >= 4 is 37.1 Å². The van der Waals surface area contributed by atoms with Crippen LogP contribution in [0.3, 0.4) is 0 Å². The van der Waals surface area contributed by atoms with E-state index in [1.807, 2.05) is 63.8 Å². The number of allylic oxidation sites excluding steroid dienone is 1. The molecule has 1 saturated carbocycles. The molecule has 2 N–H and O–H groups in total. The highest BCUT2D eigenvalue weighted by Crippen LogP contribution is 2.42. The van der Waals surface area contributed by atoms with E-state index in [1.54, 1.807) is 12.1 Å². The second-order valence-corrected chi connectivity index (χ2v) is 6.34. The minimum atomic E-state index is -0.287. The molecule has 6 heteroatoms. The number of amides is 2. The SMILES string of the molecule is C/C=C\c1ccc(NC(=O)Nc2ccc(C#N)c(C3CC3)c2)cc1C.C=O.C=O. The number of benzene rings is 2. The van der Waals surface area contributed by atoms with Crippen molar-refractivity contribution in [2.24, 2.45) is 0 Å². The number of nitrogens with one attached hydrogen (secondary N) is 2. The van der Waals surface area contributed by atoms with Crippen LogP contribution in [0.5, 0.6) is 0 Å². The fourth-order valence-corrected chi connectivity index (χ4v) is 2.89. The number of hydrogen-bond acceptors (Lipinski definition) is 4. The van der Waals surface area contributed by atoms with Gasteiger partial charge in [-0.05, 0) is 79.6 Å². The van der Waals surface area contributed by atoms with E-state index < -0.39 is 0 Å². The number of nitrogens with zero attached hydrogens (tertiary/aromatic N) is 1. The number of carbonyl (C=O) groups is 3. The lowest BCUT2D eigenvalue weighted by molar-refractivity contribution is -0.0987. The number of aryl methyl sites for hydroxylation is 1. The molecule has 29 heavy (non-hydrogen) atoms. The Morgan fingerprint density at radius 1 is 1.07 bits per heavy atom. The summed E-state index contributed by atoms with van der Waals surface area (Å²) < 4.78 is 0. The van der Waals surface area contributed by atoms with Crippen LogP contribution in [0.4, 0.5) is 16.2 Å². The van der Waals surface area contributed by atoms with E-state index in [2.05, 4.69) is 16.7 Å². The second-order valence-electron chi connectivity index (χ2n) is 6.34. The highest BCUT2D eigenvalue weighted by atomic mass is 16.2. The summed E-state index contributed by atoms with van der Waals surface area (Å²) in [6.45, 7) is 7.99. The van der Waals surface area contributed by atoms with Crippen LogP contribution >= 0.6 is 0 Å². The molecule has 2 aromatic carbocycles. The van der Waals surface area contributed by atoms with E-state index in [4.69, 9.17) is 9.59 Å². The van der Waals surface area contributed by atoms with Gasteiger partial charge in [-0.2, -0.15) is 5.26 Å². The highest BCUT2D eigenvalue weighted by Gasteiger charge is 2.26. The molecule has 0 heterocycles. The molecule has 2 amide bonds. The van der Waals surface area contributed by atoms with Gasteiger partial charge >= 0.3 is 6.03 Å². The van der Waals surface area contributed by atoms with Crippen molar-refractivity contribution in [1.29, 1.82) is 5.26 Å². The molecule has 0 saturated heterocycles. The van der Waals surface area contributed by atoms with Gasteiger partial charge in [-0.1, -0.05) is 18.2 Å². The number of nitriles is 1. The van der Waals surface area contributed by atoms with Crippen LogP contribution in [0.2, 0.25) is 0 Å². The Morgan fingerprint density at radius 3 is 2.17 bits per heavy atom. The Balaban J connectivity index is 0.000000989. The summed E-state index contributed by atoms with van der Waals surface area (Å²) >= 11 is 0. The molecule has 0 radical (unpaired) electrons. The number of hydrogen-bond donors (Lipinski definition) is 2. The predicted octanol–water partition coefficient (Wildman–Crippen LogP) is 5.05. The van der Waals surface area contributed by atoms with Crippen LogP contribution in [0, 0.1) is 18.3 Å². The van der Waals surface area contributed by atoms with Gasteiger partial charge < -0.3 is 20.2 Å². The quantitative estimate of drug-likeness (QED) is 0.761. The lowest BCUT2D eigenvalue weighted by atomic mass is 10.0. The first-order valence-corrected chi connectivity index (χ1v) is 9.04. The Bertz CT molecular complexity index is 910. The predicted molar refractivity (Wildman–Crippen MR) is 116 cm³/mol. The molecule has 6 nitrogen and oxygen atoms in total. The van der Waals surface area contributed by atoms with Crippen LogP contribution in [0.1, 0.15) is 47.9 Å². The molecule has 3 rings (SSSR count). The maximum Gasteiger partial charge on any atom is 0.323 e. The van der Waals surface area contributed by atoms with Crippen LogP contribution in [-0.2, 0) is 9.59 Å². The Hall–Kier alpha value is -3.72. The maximum atomic E-state index is 12.3. The number of carbonyl (C=O) groups excluding carboxylic acids is 3. The third-order valence-electron chi connectivity index (χ3n) is 4.32. The summed E-state index contributed by atoms with van der Waals surface area (Å²) in [7, 11) is 0. The molecule has 0 aromatic heterocycles. The van der Waals surface area contributed by atoms with Crippen LogP contribution in [0.15, 0.2) is 42.5 Å². The second kappa shape index (κ2) is 11.9. The van der Waals surface area contributed by atoms with Crippen LogP contribution < -0.4 is 10.6 Å². The Labute approximate surface area is 171 Å². The van der Waals surface area contributed by atoms with Gasteiger partial charge in [-0.25, -0.2) is 4.79 Å². The van der Waals surface area contributed by atoms with Gasteiger partial charge in [0, 0.05) is 11.4 Å². The van der Waals surface area contributed by atoms with Crippen molar-refractivity contribution in [2.45, 2.75) is 32.6 Å². The van der Waals surface area contributed by atoms with Gasteiger partial charge in [0.05, 0.1) is 11.6 Å². The first-order chi connectivity index (χ1) is 14.1. The van der Waals surface area contributed by atoms with Gasteiger partial charge in [0.25, 0.3) is 0 Å². The van der Waals surface area contributed by atoms with Crippen molar-refractivity contribution < 1.29 is 14.4 Å². The van der Waals surface area contributed by atoms with Crippen molar-refractivity contribution in [3.8, 4) is 6.07 Å². The van der Waals surface area contributed by atoms with Gasteiger partial charge in [-0.15, -0.1) is 0 Å². The molecule has 0 spiro atoms. The van der Waals surface area contributed by atoms with Crippen molar-refractivity contribution in [2.75, 3.05) is 10.6 Å². The van der Waals surface area contributed by atoms with Gasteiger partial charge in [0.2, 0.25) is 0 Å². The van der Waals surface area contributed by atoms with Gasteiger partial charge in [0.15, 0.2) is 0 Å². The molecule has 0 aliphatic heterocycles. The summed E-state index contributed by atoms with van der Waals surface area (Å²) in [5.41, 5.74) is 5.43. The molecule has 1 fully saturated rings. The van der Waals surface area contributed by atoms with E-state index in [0.29, 0.717) is 17.2 Å². The molecule has 2 aromatic rings. The van der Waals surface area contributed by atoms with E-state index in [9.17, 15) is 10.1 Å². The van der Waals surface area contributed by atoms with Crippen molar-refractivity contribution in [1.82, 2.24) is 0 Å². The molecule has 0 unspecified atom stereocenters. The minimum absolute atomic E-state index is 0.287. The van der Waals surface area contributed by atoms with Crippen molar-refractivity contribution in [3.63, 3.8) is 0 Å². The molecule has 1 aliphatic carbocycles. The number of urea groups is 1. The smallest absolute Gasteiger partial charge is 0.308 e. The maximum absolute atomic E-state index is 12.3. The molecule has 150 valence electrons. The average Bonchev–Trinajstić information content (AvgIpc) is 3.58. The van der Waals surface area contributed by atoms with Gasteiger partial charge in [-0.3, -0.25) is 0 Å². The molecular formula is C23H25N3O3. The van der Waals surface area contributed by atoms with E-state index in [1.165, 1.54) is 0 Å². The largest absolute Gasteiger partial charge is 0.323 e. The Morgan fingerprint density at radius 2 is 1.66 bits per heavy atom. The third-order valence-corrected chi connectivity index (χ3v) is 4.32. The first kappa shape index (κ1) is 23.3. The van der Waals surface area contributed by atoms with Crippen molar-refractivity contribution in [3.05, 3.63) is 64.7 Å². The highest BCUT2D eigenvalue weighted by molar-refractivity contribution is 6.00. The summed E-state index contributed by atoms with van der Waals surface area (Å²) in [4.78, 5) is 28.3. The molecular weight excluding hydrogens is 366 g/mol. The monoisotopic (exact) mass is 391 g/mol. The zero-order valence-electron chi connectivity index (χ0n) is 16.7. The molecule has 1 aliphatic rings. The third kappa shape index (κ3) is 6.74. The standard InChI is InChI=1S/C21H21N3O.2CH2O/c1-3-4-15-7-9-18(11-14(15)2)23-21(25)24-19-10-8-17(13-22)20(12-19)16-5-6-16;2*1-2/h3-4,7-12,16H,5-6H2,1-2H3,(H2,23,24,25);2*1H2/b4-3-;;. The fourth-order valence-electron chi connectivity index (χ4n) is 2.89. The van der Waals surface area contributed by atoms with Crippen LogP contribution in [-0.4, -0.2) is 19.6 Å².